The number of rotatable bonds is 2. The fraction of sp³-hybridized carbons (Fsp3) is 0.375. The third-order valence-electron chi connectivity index (χ3n) is 4.02. The predicted molar refractivity (Wildman–Crippen MR) is 77.6 cm³/mol. The molecule has 0 spiro atoms. The molecule has 102 valence electrons. The average Bonchev–Trinajstić information content (AvgIpc) is 2.95. The predicted octanol–water partition coefficient (Wildman–Crippen LogP) is 2.36. The van der Waals surface area contributed by atoms with Gasteiger partial charge in [0.25, 0.3) is 5.91 Å². The normalized spacial score (nSPS) is 19.1. The van der Waals surface area contributed by atoms with Crippen molar-refractivity contribution in [3.8, 4) is 0 Å². The molecule has 1 aromatic carbocycles. The third-order valence-corrected chi connectivity index (χ3v) is 4.02. The van der Waals surface area contributed by atoms with E-state index in [0.29, 0.717) is 5.92 Å². The van der Waals surface area contributed by atoms with E-state index in [9.17, 15) is 9.59 Å². The highest BCUT2D eigenvalue weighted by Gasteiger charge is 2.28. The summed E-state index contributed by atoms with van der Waals surface area (Å²) < 4.78 is 0. The molecular formula is C16H16N2O2. The maximum Gasteiger partial charge on any atom is 0.253 e. The van der Waals surface area contributed by atoms with Crippen molar-refractivity contribution >= 4 is 23.2 Å². The topological polar surface area (TPSA) is 49.7 Å². The molecule has 0 atom stereocenters. The lowest BCUT2D eigenvalue weighted by molar-refractivity contribution is -0.116. The van der Waals surface area contributed by atoms with Crippen LogP contribution in [0, 0.1) is 5.92 Å². The van der Waals surface area contributed by atoms with Gasteiger partial charge in [0.2, 0.25) is 0 Å². The minimum absolute atomic E-state index is 0.0959. The number of benzene rings is 1. The second-order valence-electron chi connectivity index (χ2n) is 5.21. The van der Waals surface area contributed by atoms with E-state index in [-0.39, 0.29) is 12.5 Å². The van der Waals surface area contributed by atoms with E-state index in [0.717, 1.165) is 36.0 Å². The Kier molecular flexibility index (Phi) is 3.48. The number of aliphatic imine (C=N–C) groups is 1. The molecule has 1 amide bonds. The molecule has 0 radical (unpaired) electrons. The molecule has 0 N–H and O–H groups in total. The molecule has 1 saturated carbocycles. The van der Waals surface area contributed by atoms with Crippen LogP contribution in [0.5, 0.6) is 0 Å². The van der Waals surface area contributed by atoms with E-state index in [1.54, 1.807) is 5.94 Å². The molecule has 3 rings (SSSR count). The molecule has 0 saturated heterocycles. The Morgan fingerprint density at radius 1 is 1.25 bits per heavy atom. The first-order valence-electron chi connectivity index (χ1n) is 6.98. The highest BCUT2D eigenvalue weighted by Crippen LogP contribution is 2.33. The number of amides is 1. The first-order valence-corrected chi connectivity index (χ1v) is 6.98. The van der Waals surface area contributed by atoms with E-state index in [4.69, 9.17) is 0 Å². The Bertz CT molecular complexity index is 609. The summed E-state index contributed by atoms with van der Waals surface area (Å²) in [7, 11) is 0. The van der Waals surface area contributed by atoms with Gasteiger partial charge in [-0.3, -0.25) is 14.7 Å². The minimum atomic E-state index is -0.186. The third kappa shape index (κ3) is 2.19. The van der Waals surface area contributed by atoms with Gasteiger partial charge in [-0.15, -0.1) is 0 Å². The molecule has 2 aliphatic rings. The van der Waals surface area contributed by atoms with Crippen LogP contribution in [0.4, 0.5) is 5.69 Å². The first kappa shape index (κ1) is 12.8. The van der Waals surface area contributed by atoms with Crippen LogP contribution in [0.3, 0.4) is 0 Å². The number of para-hydroxylation sites is 1. The van der Waals surface area contributed by atoms with Crippen LogP contribution in [0.15, 0.2) is 35.5 Å². The lowest BCUT2D eigenvalue weighted by Crippen LogP contribution is -2.27. The zero-order valence-corrected chi connectivity index (χ0v) is 11.2. The van der Waals surface area contributed by atoms with Crippen molar-refractivity contribution in [3.05, 3.63) is 36.0 Å². The summed E-state index contributed by atoms with van der Waals surface area (Å²) in [5.41, 5.74) is 2.73. The number of nitrogens with zero attached hydrogens (tertiary/aromatic N) is 2. The van der Waals surface area contributed by atoms with E-state index in [1.165, 1.54) is 17.7 Å². The van der Waals surface area contributed by atoms with Gasteiger partial charge in [0.1, 0.15) is 12.5 Å². The van der Waals surface area contributed by atoms with Crippen molar-refractivity contribution < 1.29 is 9.59 Å². The Morgan fingerprint density at radius 3 is 2.75 bits per heavy atom. The summed E-state index contributed by atoms with van der Waals surface area (Å²) in [6.07, 6.45) is 5.86. The second-order valence-corrected chi connectivity index (χ2v) is 5.21. The first-order chi connectivity index (χ1) is 9.81. The Labute approximate surface area is 117 Å². The van der Waals surface area contributed by atoms with Crippen LogP contribution >= 0.6 is 0 Å². The monoisotopic (exact) mass is 268 g/mol. The molecular weight excluding hydrogens is 252 g/mol. The molecule has 1 fully saturated rings. The van der Waals surface area contributed by atoms with Crippen LogP contribution in [0.2, 0.25) is 0 Å². The molecule has 4 heteroatoms. The van der Waals surface area contributed by atoms with Crippen molar-refractivity contribution in [2.24, 2.45) is 10.9 Å². The number of hydrogen-bond donors (Lipinski definition) is 0. The molecule has 1 aromatic rings. The van der Waals surface area contributed by atoms with Gasteiger partial charge >= 0.3 is 0 Å². The summed E-state index contributed by atoms with van der Waals surface area (Å²) in [5, 5.41) is 0. The van der Waals surface area contributed by atoms with E-state index < -0.39 is 0 Å². The molecule has 20 heavy (non-hydrogen) atoms. The van der Waals surface area contributed by atoms with Crippen LogP contribution in [-0.2, 0) is 9.59 Å². The highest BCUT2D eigenvalue weighted by molar-refractivity contribution is 6.13. The van der Waals surface area contributed by atoms with Crippen molar-refractivity contribution in [1.82, 2.24) is 0 Å². The standard InChI is InChI=1S/C16H16N2O2/c19-10-9-18-14-8-4-3-7-13(14)16(17-11-15(18)20)12-5-1-2-6-12/h3-4,7-9,12H,1-2,5-6,11H2. The maximum absolute atomic E-state index is 12.1. The fourth-order valence-corrected chi connectivity index (χ4v) is 3.09. The van der Waals surface area contributed by atoms with E-state index in [2.05, 4.69) is 4.99 Å². The Balaban J connectivity index is 2.11. The molecule has 1 heterocycles. The zero-order valence-electron chi connectivity index (χ0n) is 11.2. The molecule has 4 nitrogen and oxygen atoms in total. The second kappa shape index (κ2) is 5.43. The maximum atomic E-state index is 12.1. The summed E-state index contributed by atoms with van der Waals surface area (Å²) >= 11 is 0. The number of benzodiazepines with no additional fused rings is 1. The SMILES string of the molecule is O=C=CN1C(=O)CN=C(C2CCCC2)c2ccccc21. The fourth-order valence-electron chi connectivity index (χ4n) is 3.09. The van der Waals surface area contributed by atoms with Crippen LogP contribution < -0.4 is 4.90 Å². The van der Waals surface area contributed by atoms with Crippen molar-refractivity contribution in [3.63, 3.8) is 0 Å². The van der Waals surface area contributed by atoms with Crippen molar-refractivity contribution in [2.75, 3.05) is 11.4 Å². The van der Waals surface area contributed by atoms with Crippen LogP contribution in [0.25, 0.3) is 0 Å². The minimum Gasteiger partial charge on any atom is -0.279 e. The Morgan fingerprint density at radius 2 is 2.00 bits per heavy atom. The number of fused-ring (bicyclic) bond motifs is 1. The van der Waals surface area contributed by atoms with Gasteiger partial charge in [0, 0.05) is 17.2 Å². The van der Waals surface area contributed by atoms with Gasteiger partial charge in [-0.05, 0) is 18.9 Å². The number of anilines is 1. The number of carbonyl (C=O) groups excluding carboxylic acids is 2. The quantitative estimate of drug-likeness (QED) is 0.773. The zero-order chi connectivity index (χ0) is 13.9. The number of hydrogen-bond acceptors (Lipinski definition) is 3. The van der Waals surface area contributed by atoms with Gasteiger partial charge in [-0.1, -0.05) is 31.0 Å². The molecule has 1 aliphatic carbocycles. The molecule has 0 aromatic heterocycles. The molecule has 0 unspecified atom stereocenters. The lowest BCUT2D eigenvalue weighted by atomic mass is 9.94. The lowest BCUT2D eigenvalue weighted by Gasteiger charge is -2.19. The summed E-state index contributed by atoms with van der Waals surface area (Å²) in [6.45, 7) is 0.0959. The van der Waals surface area contributed by atoms with E-state index >= 15 is 0 Å². The van der Waals surface area contributed by atoms with Crippen LogP contribution in [0.1, 0.15) is 31.2 Å². The van der Waals surface area contributed by atoms with E-state index in [1.807, 2.05) is 24.3 Å². The number of carbonyl (C=O) groups is 1. The van der Waals surface area contributed by atoms with Gasteiger partial charge in [0.05, 0.1) is 11.9 Å². The molecule has 1 aliphatic heterocycles. The summed E-state index contributed by atoms with van der Waals surface area (Å²) in [5.74, 6) is 1.95. The molecule has 0 bridgehead atoms. The van der Waals surface area contributed by atoms with Gasteiger partial charge in [-0.25, -0.2) is 4.79 Å². The van der Waals surface area contributed by atoms with Crippen LogP contribution in [-0.4, -0.2) is 24.1 Å². The highest BCUT2D eigenvalue weighted by atomic mass is 16.2. The van der Waals surface area contributed by atoms with Gasteiger partial charge in [-0.2, -0.15) is 0 Å². The largest absolute Gasteiger partial charge is 0.279 e. The van der Waals surface area contributed by atoms with Crippen molar-refractivity contribution in [1.29, 1.82) is 0 Å². The summed E-state index contributed by atoms with van der Waals surface area (Å²) in [4.78, 5) is 28.7. The summed E-state index contributed by atoms with van der Waals surface area (Å²) in [6, 6.07) is 7.66. The van der Waals surface area contributed by atoms with Crippen molar-refractivity contribution in [2.45, 2.75) is 25.7 Å². The van der Waals surface area contributed by atoms with Gasteiger partial charge < -0.3 is 0 Å². The Hall–Kier alpha value is -2.19. The smallest absolute Gasteiger partial charge is 0.253 e. The average molecular weight is 268 g/mol. The van der Waals surface area contributed by atoms with Gasteiger partial charge in [0.15, 0.2) is 0 Å².